The predicted octanol–water partition coefficient (Wildman–Crippen LogP) is 4.57. The standard InChI is InChI=1S/C14H18BrClN2OS/c1-6-9(2)13(18-20(19)14(3,4)5)10-7-17-8-11(15)12(10)16/h6-9H,1H2,2-5H3. The van der Waals surface area contributed by atoms with E-state index in [0.29, 0.717) is 20.8 Å². The minimum Gasteiger partial charge on any atom is -0.591 e. The average Bonchev–Trinajstić information content (AvgIpc) is 2.37. The third kappa shape index (κ3) is 4.32. The molecule has 0 aliphatic carbocycles. The SMILES string of the molecule is C=CC(C)C(=N[S+]([O-])C(C)(C)C)c1cncc(Br)c1Cl. The van der Waals surface area contributed by atoms with Gasteiger partial charge in [0.25, 0.3) is 0 Å². The second-order valence-corrected chi connectivity index (χ2v) is 8.48. The van der Waals surface area contributed by atoms with E-state index in [0.717, 1.165) is 0 Å². The van der Waals surface area contributed by atoms with Gasteiger partial charge in [-0.15, -0.1) is 6.58 Å². The van der Waals surface area contributed by atoms with Crippen molar-refractivity contribution < 1.29 is 4.55 Å². The molecule has 0 bridgehead atoms. The van der Waals surface area contributed by atoms with E-state index in [2.05, 4.69) is 31.9 Å². The summed E-state index contributed by atoms with van der Waals surface area (Å²) >= 11 is 8.26. The Morgan fingerprint density at radius 1 is 1.55 bits per heavy atom. The normalized spacial score (nSPS) is 15.8. The van der Waals surface area contributed by atoms with Gasteiger partial charge < -0.3 is 4.55 Å². The molecule has 0 aliphatic rings. The van der Waals surface area contributed by atoms with Crippen LogP contribution < -0.4 is 0 Å². The molecule has 3 nitrogen and oxygen atoms in total. The van der Waals surface area contributed by atoms with E-state index in [9.17, 15) is 4.55 Å². The van der Waals surface area contributed by atoms with Crippen LogP contribution >= 0.6 is 27.5 Å². The molecular formula is C14H18BrClN2OS. The first-order chi connectivity index (χ1) is 9.18. The van der Waals surface area contributed by atoms with Crippen LogP contribution in [0.1, 0.15) is 33.3 Å². The Hall–Kier alpha value is -0.360. The highest BCUT2D eigenvalue weighted by Crippen LogP contribution is 2.29. The van der Waals surface area contributed by atoms with Crippen LogP contribution in [0.15, 0.2) is 33.9 Å². The second-order valence-electron chi connectivity index (χ2n) is 5.35. The monoisotopic (exact) mass is 376 g/mol. The molecule has 1 heterocycles. The van der Waals surface area contributed by atoms with E-state index in [-0.39, 0.29) is 5.92 Å². The topological polar surface area (TPSA) is 48.3 Å². The van der Waals surface area contributed by atoms with Crippen LogP contribution in [-0.2, 0) is 11.4 Å². The second kappa shape index (κ2) is 7.07. The zero-order chi connectivity index (χ0) is 15.5. The van der Waals surface area contributed by atoms with Gasteiger partial charge in [0.05, 0.1) is 9.50 Å². The summed E-state index contributed by atoms with van der Waals surface area (Å²) in [5.74, 6) is -0.0742. The molecule has 2 atom stereocenters. The van der Waals surface area contributed by atoms with Crippen LogP contribution in [0.25, 0.3) is 0 Å². The Balaban J connectivity index is 3.37. The first-order valence-electron chi connectivity index (χ1n) is 6.11. The number of hydrogen-bond acceptors (Lipinski definition) is 3. The highest BCUT2D eigenvalue weighted by atomic mass is 79.9. The van der Waals surface area contributed by atoms with Gasteiger partial charge in [-0.05, 0) is 36.7 Å². The maximum absolute atomic E-state index is 12.3. The molecule has 0 fully saturated rings. The molecule has 1 aromatic heterocycles. The minimum atomic E-state index is -1.37. The predicted molar refractivity (Wildman–Crippen MR) is 90.7 cm³/mol. The van der Waals surface area contributed by atoms with Gasteiger partial charge in [0.2, 0.25) is 0 Å². The van der Waals surface area contributed by atoms with Crippen LogP contribution in [0.3, 0.4) is 0 Å². The molecule has 0 radical (unpaired) electrons. The number of allylic oxidation sites excluding steroid dienone is 1. The van der Waals surface area contributed by atoms with Gasteiger partial charge in [-0.3, -0.25) is 4.98 Å². The van der Waals surface area contributed by atoms with Gasteiger partial charge in [-0.2, -0.15) is 0 Å². The fourth-order valence-electron chi connectivity index (χ4n) is 1.31. The summed E-state index contributed by atoms with van der Waals surface area (Å²) in [5, 5.41) is 0.512. The zero-order valence-corrected chi connectivity index (χ0v) is 15.1. The van der Waals surface area contributed by atoms with E-state index in [4.69, 9.17) is 11.6 Å². The van der Waals surface area contributed by atoms with Crippen molar-refractivity contribution in [2.75, 3.05) is 0 Å². The summed E-state index contributed by atoms with van der Waals surface area (Å²) in [6.07, 6.45) is 4.99. The smallest absolute Gasteiger partial charge is 0.144 e. The fraction of sp³-hybridized carbons (Fsp3) is 0.429. The lowest BCUT2D eigenvalue weighted by Crippen LogP contribution is -2.28. The summed E-state index contributed by atoms with van der Waals surface area (Å²) in [6, 6.07) is 0. The van der Waals surface area contributed by atoms with Crippen LogP contribution in [0.2, 0.25) is 5.02 Å². The van der Waals surface area contributed by atoms with Crippen LogP contribution in [-0.4, -0.2) is 20.0 Å². The molecule has 0 aliphatic heterocycles. The van der Waals surface area contributed by atoms with Crippen molar-refractivity contribution >= 4 is 44.6 Å². The number of halogens is 2. The third-order valence-electron chi connectivity index (χ3n) is 2.60. The van der Waals surface area contributed by atoms with E-state index < -0.39 is 16.1 Å². The van der Waals surface area contributed by atoms with Gasteiger partial charge in [0.1, 0.15) is 21.8 Å². The van der Waals surface area contributed by atoms with Crippen LogP contribution in [0, 0.1) is 5.92 Å². The largest absolute Gasteiger partial charge is 0.591 e. The van der Waals surface area contributed by atoms with Crippen molar-refractivity contribution in [1.82, 2.24) is 4.98 Å². The molecule has 0 N–H and O–H groups in total. The van der Waals surface area contributed by atoms with E-state index in [1.807, 2.05) is 27.7 Å². The third-order valence-corrected chi connectivity index (χ3v) is 5.25. The molecule has 2 unspecified atom stereocenters. The quantitative estimate of drug-likeness (QED) is 0.438. The summed E-state index contributed by atoms with van der Waals surface area (Å²) < 4.78 is 16.9. The molecule has 6 heteroatoms. The minimum absolute atomic E-state index is 0.0742. The molecule has 20 heavy (non-hydrogen) atoms. The first-order valence-corrected chi connectivity index (χ1v) is 8.38. The molecule has 0 aromatic carbocycles. The van der Waals surface area contributed by atoms with Gasteiger partial charge in [-0.25, -0.2) is 0 Å². The first kappa shape index (κ1) is 17.7. The molecule has 110 valence electrons. The molecule has 0 spiro atoms. The molecule has 1 aromatic rings. The lowest BCUT2D eigenvalue weighted by atomic mass is 10.0. The maximum Gasteiger partial charge on any atom is 0.144 e. The van der Waals surface area contributed by atoms with Gasteiger partial charge >= 0.3 is 0 Å². The molecule has 1 rings (SSSR count). The number of nitrogens with zero attached hydrogens (tertiary/aromatic N) is 2. The lowest BCUT2D eigenvalue weighted by molar-refractivity contribution is 0.561. The molecule has 0 saturated heterocycles. The Morgan fingerprint density at radius 2 is 2.15 bits per heavy atom. The van der Waals surface area contributed by atoms with Crippen molar-refractivity contribution in [3.05, 3.63) is 40.1 Å². The van der Waals surface area contributed by atoms with Crippen LogP contribution in [0.4, 0.5) is 0 Å². The summed E-state index contributed by atoms with van der Waals surface area (Å²) in [4.78, 5) is 4.11. The summed E-state index contributed by atoms with van der Waals surface area (Å²) in [7, 11) is 0. The van der Waals surface area contributed by atoms with Gasteiger partial charge in [0, 0.05) is 23.9 Å². The van der Waals surface area contributed by atoms with Crippen molar-refractivity contribution in [3.63, 3.8) is 0 Å². The van der Waals surface area contributed by atoms with E-state index >= 15 is 0 Å². The van der Waals surface area contributed by atoms with Crippen molar-refractivity contribution in [2.45, 2.75) is 32.4 Å². The van der Waals surface area contributed by atoms with Gasteiger partial charge in [-0.1, -0.05) is 29.0 Å². The number of hydrogen-bond donors (Lipinski definition) is 0. The Morgan fingerprint density at radius 3 is 2.65 bits per heavy atom. The number of rotatable bonds is 4. The van der Waals surface area contributed by atoms with Crippen LogP contribution in [0.5, 0.6) is 0 Å². The summed E-state index contributed by atoms with van der Waals surface area (Å²) in [6.45, 7) is 11.3. The molecule has 0 amide bonds. The fourth-order valence-corrected chi connectivity index (χ4v) is 2.56. The summed E-state index contributed by atoms with van der Waals surface area (Å²) in [5.41, 5.74) is 1.30. The highest BCUT2D eigenvalue weighted by Gasteiger charge is 2.29. The highest BCUT2D eigenvalue weighted by molar-refractivity contribution is 9.10. The average molecular weight is 378 g/mol. The Kier molecular flexibility index (Phi) is 6.25. The maximum atomic E-state index is 12.3. The van der Waals surface area contributed by atoms with E-state index in [1.165, 1.54) is 0 Å². The molecule has 0 saturated carbocycles. The Bertz CT molecular complexity index is 528. The Labute approximate surface area is 137 Å². The lowest BCUT2D eigenvalue weighted by Gasteiger charge is -2.21. The number of pyridine rings is 1. The van der Waals surface area contributed by atoms with E-state index in [1.54, 1.807) is 18.5 Å². The number of aromatic nitrogens is 1. The molecular weight excluding hydrogens is 360 g/mol. The van der Waals surface area contributed by atoms with Gasteiger partial charge in [0.15, 0.2) is 0 Å². The van der Waals surface area contributed by atoms with Crippen molar-refractivity contribution in [2.24, 2.45) is 10.3 Å². The van der Waals surface area contributed by atoms with Crippen molar-refractivity contribution in [3.8, 4) is 0 Å². The van der Waals surface area contributed by atoms with Crippen molar-refractivity contribution in [1.29, 1.82) is 0 Å². The zero-order valence-electron chi connectivity index (χ0n) is 12.0.